The molecule has 3 aromatic rings. The van der Waals surface area contributed by atoms with Crippen LogP contribution in [0.15, 0.2) is 54.6 Å². The Balaban J connectivity index is 1.70. The molecule has 0 bridgehead atoms. The summed E-state index contributed by atoms with van der Waals surface area (Å²) in [6.07, 6.45) is 0.472. The first-order valence-electron chi connectivity index (χ1n) is 13.5. The molecular weight excluding hydrogens is 582 g/mol. The Labute approximate surface area is 253 Å². The molecule has 42 heavy (non-hydrogen) atoms. The highest BCUT2D eigenvalue weighted by Gasteiger charge is 2.66. The number of carbonyl (C=O) groups excluding carboxylic acids is 2. The number of carboxylic acids is 1. The van der Waals surface area contributed by atoms with Crippen LogP contribution in [0.5, 0.6) is 0 Å². The van der Waals surface area contributed by atoms with E-state index in [-0.39, 0.29) is 27.5 Å². The maximum absolute atomic E-state index is 15.9. The standard InChI is InChI=1S/C31H31Cl2FN4O4/c1-30(2,3)14-23-31(18-10-9-16(32)13-21(18)37-29(31)42)24(17-6-5-7-19(33)25(17)34)26(38-23)27(39)36-20-11-8-15(28(40)41)12-22(20)35-4/h5-13,23-24,26,35,38H,14H2,1-4H3,(H,36,39)(H,37,42)(H,40,41)/t23-,24-,26+,31+/m0/s1. The lowest BCUT2D eigenvalue weighted by Gasteiger charge is -2.37. The first-order chi connectivity index (χ1) is 19.8. The van der Waals surface area contributed by atoms with Gasteiger partial charge in [-0.1, -0.05) is 62.2 Å². The highest BCUT2D eigenvalue weighted by atomic mass is 35.5. The van der Waals surface area contributed by atoms with E-state index in [2.05, 4.69) is 21.3 Å². The zero-order valence-electron chi connectivity index (χ0n) is 23.4. The van der Waals surface area contributed by atoms with Crippen molar-refractivity contribution in [2.75, 3.05) is 23.0 Å². The van der Waals surface area contributed by atoms with E-state index in [4.69, 9.17) is 23.2 Å². The van der Waals surface area contributed by atoms with Gasteiger partial charge in [0.15, 0.2) is 0 Å². The number of aromatic carboxylic acids is 1. The summed E-state index contributed by atoms with van der Waals surface area (Å²) < 4.78 is 15.9. The topological polar surface area (TPSA) is 120 Å². The van der Waals surface area contributed by atoms with Crippen molar-refractivity contribution in [2.45, 2.75) is 50.6 Å². The van der Waals surface area contributed by atoms with Crippen LogP contribution in [0.3, 0.4) is 0 Å². The van der Waals surface area contributed by atoms with Crippen LogP contribution in [0.2, 0.25) is 10.0 Å². The van der Waals surface area contributed by atoms with Crippen LogP contribution < -0.4 is 21.3 Å². The molecule has 0 saturated carbocycles. The predicted molar refractivity (Wildman–Crippen MR) is 162 cm³/mol. The van der Waals surface area contributed by atoms with E-state index in [1.807, 2.05) is 20.8 Å². The van der Waals surface area contributed by atoms with Gasteiger partial charge in [-0.15, -0.1) is 0 Å². The zero-order chi connectivity index (χ0) is 30.6. The minimum Gasteiger partial charge on any atom is -0.478 e. The van der Waals surface area contributed by atoms with Crippen LogP contribution in [0.4, 0.5) is 21.5 Å². The highest BCUT2D eigenvalue weighted by molar-refractivity contribution is 6.31. The molecule has 5 N–H and O–H groups in total. The molecule has 1 spiro atoms. The molecule has 0 aromatic heterocycles. The lowest BCUT2D eigenvalue weighted by Crippen LogP contribution is -2.49. The summed E-state index contributed by atoms with van der Waals surface area (Å²) >= 11 is 12.5. The van der Waals surface area contributed by atoms with Crippen LogP contribution in [0, 0.1) is 11.2 Å². The van der Waals surface area contributed by atoms with Crippen LogP contribution >= 0.6 is 23.2 Å². The molecule has 2 aliphatic heterocycles. The van der Waals surface area contributed by atoms with Gasteiger partial charge in [-0.05, 0) is 59.4 Å². The molecule has 4 atom stereocenters. The number of nitrogens with one attached hydrogen (secondary N) is 4. The summed E-state index contributed by atoms with van der Waals surface area (Å²) in [5.41, 5.74) is 0.317. The monoisotopic (exact) mass is 612 g/mol. The van der Waals surface area contributed by atoms with E-state index in [9.17, 15) is 19.5 Å². The molecule has 0 aliphatic carbocycles. The second kappa shape index (κ2) is 10.9. The lowest BCUT2D eigenvalue weighted by molar-refractivity contribution is -0.122. The first kappa shape index (κ1) is 29.8. The van der Waals surface area contributed by atoms with E-state index in [1.54, 1.807) is 37.4 Å². The molecule has 8 nitrogen and oxygen atoms in total. The SMILES string of the molecule is CNc1cc(C(=O)O)ccc1NC(=O)[C@@H]1N[C@@H](CC(C)(C)C)[C@@]2(C(=O)Nc3cc(Cl)ccc32)[C@H]1c1cccc(Cl)c1F. The van der Waals surface area contributed by atoms with Crippen molar-refractivity contribution < 1.29 is 23.9 Å². The average molecular weight is 614 g/mol. The maximum atomic E-state index is 15.9. The van der Waals surface area contributed by atoms with Crippen LogP contribution in [-0.4, -0.2) is 42.0 Å². The van der Waals surface area contributed by atoms with E-state index in [0.717, 1.165) is 0 Å². The lowest BCUT2D eigenvalue weighted by atomic mass is 9.62. The fraction of sp³-hybridized carbons (Fsp3) is 0.323. The fourth-order valence-electron chi connectivity index (χ4n) is 6.36. The molecule has 1 saturated heterocycles. The van der Waals surface area contributed by atoms with Gasteiger partial charge in [-0.25, -0.2) is 9.18 Å². The molecule has 11 heteroatoms. The number of carbonyl (C=O) groups is 3. The Kier molecular flexibility index (Phi) is 7.72. The van der Waals surface area contributed by atoms with E-state index >= 15 is 4.39 Å². The van der Waals surface area contributed by atoms with Crippen LogP contribution in [0.1, 0.15) is 54.6 Å². The fourth-order valence-corrected chi connectivity index (χ4v) is 6.71. The normalized spacial score (nSPS) is 23.0. The van der Waals surface area contributed by atoms with Crippen molar-refractivity contribution >= 4 is 58.0 Å². The molecule has 2 aliphatic rings. The number of hydrogen-bond donors (Lipinski definition) is 5. The van der Waals surface area contributed by atoms with E-state index < -0.39 is 41.1 Å². The Morgan fingerprint density at radius 1 is 1.07 bits per heavy atom. The van der Waals surface area contributed by atoms with Crippen LogP contribution in [-0.2, 0) is 15.0 Å². The number of benzene rings is 3. The molecule has 1 fully saturated rings. The summed E-state index contributed by atoms with van der Waals surface area (Å²) in [7, 11) is 1.61. The summed E-state index contributed by atoms with van der Waals surface area (Å²) in [5, 5.41) is 21.9. The Morgan fingerprint density at radius 2 is 1.81 bits per heavy atom. The average Bonchev–Trinajstić information content (AvgIpc) is 3.39. The third-order valence-corrected chi connectivity index (χ3v) is 8.54. The minimum atomic E-state index is -1.39. The molecule has 3 aromatic carbocycles. The number of halogens is 3. The van der Waals surface area contributed by atoms with Crippen molar-refractivity contribution in [3.05, 3.63) is 87.2 Å². The molecular formula is C31H31Cl2FN4O4. The van der Waals surface area contributed by atoms with Crippen molar-refractivity contribution in [2.24, 2.45) is 5.41 Å². The summed E-state index contributed by atoms with van der Waals surface area (Å²) in [6.45, 7) is 6.09. The minimum absolute atomic E-state index is 0.0392. The van der Waals surface area contributed by atoms with Gasteiger partial charge >= 0.3 is 5.97 Å². The van der Waals surface area contributed by atoms with Gasteiger partial charge in [0.1, 0.15) is 11.2 Å². The number of hydrogen-bond acceptors (Lipinski definition) is 5. The second-order valence-electron chi connectivity index (χ2n) is 11.9. The number of fused-ring (bicyclic) bond motifs is 2. The first-order valence-corrected chi connectivity index (χ1v) is 14.2. The number of carboxylic acid groups (broad SMARTS) is 1. The molecule has 220 valence electrons. The van der Waals surface area contributed by atoms with Crippen molar-refractivity contribution in [1.29, 1.82) is 0 Å². The Morgan fingerprint density at radius 3 is 2.48 bits per heavy atom. The Hall–Kier alpha value is -3.66. The Bertz CT molecular complexity index is 1610. The highest BCUT2D eigenvalue weighted by Crippen LogP contribution is 2.57. The van der Waals surface area contributed by atoms with Crippen LogP contribution in [0.25, 0.3) is 0 Å². The van der Waals surface area contributed by atoms with Crippen molar-refractivity contribution in [3.63, 3.8) is 0 Å². The number of anilines is 3. The smallest absolute Gasteiger partial charge is 0.335 e. The molecule has 0 radical (unpaired) electrons. The van der Waals surface area contributed by atoms with Gasteiger partial charge < -0.3 is 26.4 Å². The van der Waals surface area contributed by atoms with Crippen molar-refractivity contribution in [1.82, 2.24) is 5.32 Å². The number of amides is 2. The third-order valence-electron chi connectivity index (χ3n) is 8.01. The molecule has 0 unspecified atom stereocenters. The molecule has 5 rings (SSSR count). The van der Waals surface area contributed by atoms with Gasteiger partial charge in [0, 0.05) is 29.7 Å². The number of rotatable bonds is 6. The quantitative estimate of drug-likeness (QED) is 0.224. The summed E-state index contributed by atoms with van der Waals surface area (Å²) in [5.74, 6) is -3.73. The zero-order valence-corrected chi connectivity index (χ0v) is 25.0. The van der Waals surface area contributed by atoms with Gasteiger partial charge in [0.2, 0.25) is 11.8 Å². The van der Waals surface area contributed by atoms with Gasteiger partial charge in [-0.3, -0.25) is 9.59 Å². The molecule has 2 heterocycles. The summed E-state index contributed by atoms with van der Waals surface area (Å²) in [4.78, 5) is 39.9. The van der Waals surface area contributed by atoms with Gasteiger partial charge in [-0.2, -0.15) is 0 Å². The third kappa shape index (κ3) is 4.99. The second-order valence-corrected chi connectivity index (χ2v) is 12.7. The maximum Gasteiger partial charge on any atom is 0.335 e. The van der Waals surface area contributed by atoms with Gasteiger partial charge in [0.25, 0.3) is 0 Å². The summed E-state index contributed by atoms with van der Waals surface area (Å²) in [6, 6.07) is 12.3. The van der Waals surface area contributed by atoms with E-state index in [1.165, 1.54) is 24.3 Å². The van der Waals surface area contributed by atoms with Crippen molar-refractivity contribution in [3.8, 4) is 0 Å². The van der Waals surface area contributed by atoms with E-state index in [0.29, 0.717) is 34.1 Å². The largest absolute Gasteiger partial charge is 0.478 e. The molecule has 2 amide bonds. The predicted octanol–water partition coefficient (Wildman–Crippen LogP) is 6.26. The van der Waals surface area contributed by atoms with Gasteiger partial charge in [0.05, 0.1) is 28.0 Å².